The van der Waals surface area contributed by atoms with Gasteiger partial charge in [0.15, 0.2) is 0 Å². The van der Waals surface area contributed by atoms with Crippen LogP contribution >= 0.6 is 0 Å². The van der Waals surface area contributed by atoms with E-state index in [-0.39, 0.29) is 11.0 Å². The topological polar surface area (TPSA) is 79.4 Å². The third-order valence-corrected chi connectivity index (χ3v) is 5.21. The van der Waals surface area contributed by atoms with Crippen molar-refractivity contribution in [3.05, 3.63) is 53.6 Å². The van der Waals surface area contributed by atoms with Gasteiger partial charge < -0.3 is 9.47 Å². The van der Waals surface area contributed by atoms with E-state index in [1.807, 2.05) is 30.3 Å². The predicted octanol–water partition coefficient (Wildman–Crippen LogP) is 2.48. The van der Waals surface area contributed by atoms with Crippen molar-refractivity contribution in [1.82, 2.24) is 0 Å². The van der Waals surface area contributed by atoms with Gasteiger partial charge in [0, 0.05) is 18.4 Å². The molecule has 2 aliphatic rings. The number of rotatable bonds is 6. The van der Waals surface area contributed by atoms with Crippen molar-refractivity contribution in [1.29, 1.82) is 0 Å². The number of hydrogen-bond acceptors (Lipinski definition) is 4. The van der Waals surface area contributed by atoms with Crippen LogP contribution < -0.4 is 0 Å². The Kier molecular flexibility index (Phi) is 3.92. The van der Waals surface area contributed by atoms with Crippen molar-refractivity contribution in [2.75, 3.05) is 13.2 Å². The van der Waals surface area contributed by atoms with E-state index in [2.05, 4.69) is 0 Å². The van der Waals surface area contributed by atoms with Crippen molar-refractivity contribution < 1.29 is 22.4 Å². The summed E-state index contributed by atoms with van der Waals surface area (Å²) in [7, 11) is -4.30. The van der Waals surface area contributed by atoms with Gasteiger partial charge in [-0.1, -0.05) is 36.4 Å². The molecule has 2 aliphatic heterocycles. The van der Waals surface area contributed by atoms with Crippen LogP contribution in [-0.4, -0.2) is 38.4 Å². The molecule has 2 unspecified atom stereocenters. The summed E-state index contributed by atoms with van der Waals surface area (Å²) in [6.45, 7) is 1.51. The van der Waals surface area contributed by atoms with Gasteiger partial charge in [-0.05, 0) is 22.8 Å². The Labute approximate surface area is 141 Å². The maximum absolute atomic E-state index is 11.8. The maximum Gasteiger partial charge on any atom is 0.295 e. The highest BCUT2D eigenvalue weighted by molar-refractivity contribution is 7.86. The van der Waals surface area contributed by atoms with Gasteiger partial charge in [-0.3, -0.25) is 4.55 Å². The highest BCUT2D eigenvalue weighted by Crippen LogP contribution is 2.30. The summed E-state index contributed by atoms with van der Waals surface area (Å²) >= 11 is 0. The highest BCUT2D eigenvalue weighted by Gasteiger charge is 2.25. The number of ether oxygens (including phenoxy) is 2. The average Bonchev–Trinajstić information content (AvgIpc) is 3.44. The number of benzene rings is 2. The summed E-state index contributed by atoms with van der Waals surface area (Å²) in [4.78, 5) is -0.0565. The SMILES string of the molecule is O=S(=O)(O)c1cc(CC2CO2)ccc1-c1ccc(CC2CO2)cc1. The molecule has 126 valence electrons. The van der Waals surface area contributed by atoms with Crippen LogP contribution in [0.5, 0.6) is 0 Å². The quantitative estimate of drug-likeness (QED) is 0.642. The van der Waals surface area contributed by atoms with Crippen LogP contribution in [0.2, 0.25) is 0 Å². The lowest BCUT2D eigenvalue weighted by Crippen LogP contribution is -2.03. The minimum Gasteiger partial charge on any atom is -0.373 e. The fourth-order valence-electron chi connectivity index (χ4n) is 2.86. The van der Waals surface area contributed by atoms with Crippen molar-refractivity contribution in [2.24, 2.45) is 0 Å². The molecule has 2 heterocycles. The molecule has 2 saturated heterocycles. The van der Waals surface area contributed by atoms with E-state index in [1.165, 1.54) is 6.07 Å². The van der Waals surface area contributed by atoms with Crippen LogP contribution in [0.15, 0.2) is 47.4 Å². The summed E-state index contributed by atoms with van der Waals surface area (Å²) in [6, 6.07) is 12.9. The summed E-state index contributed by atoms with van der Waals surface area (Å²) in [5.74, 6) is 0. The molecule has 0 spiro atoms. The molecule has 2 atom stereocenters. The molecule has 0 amide bonds. The smallest absolute Gasteiger partial charge is 0.295 e. The van der Waals surface area contributed by atoms with Gasteiger partial charge in [0.05, 0.1) is 25.4 Å². The second kappa shape index (κ2) is 5.97. The van der Waals surface area contributed by atoms with E-state index in [0.717, 1.165) is 29.7 Å². The maximum atomic E-state index is 11.8. The van der Waals surface area contributed by atoms with E-state index in [0.29, 0.717) is 24.7 Å². The van der Waals surface area contributed by atoms with Crippen molar-refractivity contribution in [2.45, 2.75) is 29.9 Å². The van der Waals surface area contributed by atoms with E-state index >= 15 is 0 Å². The Morgan fingerprint density at radius 3 is 2.00 bits per heavy atom. The Morgan fingerprint density at radius 2 is 1.46 bits per heavy atom. The Morgan fingerprint density at radius 1 is 0.917 bits per heavy atom. The largest absolute Gasteiger partial charge is 0.373 e. The van der Waals surface area contributed by atoms with Crippen LogP contribution in [-0.2, 0) is 32.4 Å². The van der Waals surface area contributed by atoms with Gasteiger partial charge in [0.25, 0.3) is 10.1 Å². The molecule has 0 saturated carbocycles. The van der Waals surface area contributed by atoms with Crippen molar-refractivity contribution in [3.8, 4) is 11.1 Å². The van der Waals surface area contributed by atoms with E-state index in [1.54, 1.807) is 6.07 Å². The van der Waals surface area contributed by atoms with Crippen LogP contribution in [0.1, 0.15) is 11.1 Å². The molecule has 4 rings (SSSR count). The second-order valence-corrected chi connectivity index (χ2v) is 7.71. The minimum atomic E-state index is -4.30. The second-order valence-electron chi connectivity index (χ2n) is 6.32. The first-order valence-corrected chi connectivity index (χ1v) is 9.36. The van der Waals surface area contributed by atoms with Gasteiger partial charge in [0.1, 0.15) is 4.90 Å². The van der Waals surface area contributed by atoms with E-state index in [9.17, 15) is 13.0 Å². The Hall–Kier alpha value is -1.73. The summed E-state index contributed by atoms with van der Waals surface area (Å²) < 4.78 is 43.6. The van der Waals surface area contributed by atoms with Gasteiger partial charge in [0.2, 0.25) is 0 Å². The van der Waals surface area contributed by atoms with Crippen molar-refractivity contribution >= 4 is 10.1 Å². The monoisotopic (exact) mass is 346 g/mol. The molecule has 24 heavy (non-hydrogen) atoms. The summed E-state index contributed by atoms with van der Waals surface area (Å²) in [6.07, 6.45) is 2.00. The molecule has 0 bridgehead atoms. The molecular weight excluding hydrogens is 328 g/mol. The summed E-state index contributed by atoms with van der Waals surface area (Å²) in [5.41, 5.74) is 3.26. The lowest BCUT2D eigenvalue weighted by Gasteiger charge is -2.10. The van der Waals surface area contributed by atoms with Gasteiger partial charge in [-0.25, -0.2) is 0 Å². The first-order valence-electron chi connectivity index (χ1n) is 7.92. The van der Waals surface area contributed by atoms with Gasteiger partial charge >= 0.3 is 0 Å². The number of hydrogen-bond donors (Lipinski definition) is 1. The molecule has 5 nitrogen and oxygen atoms in total. The molecular formula is C18H18O5S. The molecule has 2 aromatic carbocycles. The fraction of sp³-hybridized carbons (Fsp3) is 0.333. The zero-order valence-electron chi connectivity index (χ0n) is 13.0. The molecule has 6 heteroatoms. The van der Waals surface area contributed by atoms with Gasteiger partial charge in [-0.2, -0.15) is 8.42 Å². The molecule has 1 N–H and O–H groups in total. The molecule has 0 radical (unpaired) electrons. The van der Waals surface area contributed by atoms with E-state index < -0.39 is 10.1 Å². The Bertz CT molecular complexity index is 849. The zero-order chi connectivity index (χ0) is 16.7. The zero-order valence-corrected chi connectivity index (χ0v) is 13.8. The van der Waals surface area contributed by atoms with Crippen LogP contribution in [0.4, 0.5) is 0 Å². The first-order chi connectivity index (χ1) is 11.5. The van der Waals surface area contributed by atoms with Crippen LogP contribution in [0, 0.1) is 0 Å². The third-order valence-electron chi connectivity index (χ3n) is 4.32. The fourth-order valence-corrected chi connectivity index (χ4v) is 3.63. The van der Waals surface area contributed by atoms with Gasteiger partial charge in [-0.15, -0.1) is 0 Å². The standard InChI is InChI=1S/C18H18O5S/c19-24(20,21)18-9-13(8-16-11-23-16)3-6-17(18)14-4-1-12(2-5-14)7-15-10-22-15/h1-6,9,15-16H,7-8,10-11H2,(H,19,20,21). The average molecular weight is 346 g/mol. The predicted molar refractivity (Wildman–Crippen MR) is 88.6 cm³/mol. The van der Waals surface area contributed by atoms with Crippen LogP contribution in [0.3, 0.4) is 0 Å². The summed E-state index contributed by atoms with van der Waals surface area (Å²) in [5, 5.41) is 0. The van der Waals surface area contributed by atoms with Crippen molar-refractivity contribution in [3.63, 3.8) is 0 Å². The normalized spacial score (nSPS) is 22.4. The lowest BCUT2D eigenvalue weighted by atomic mass is 10.00. The lowest BCUT2D eigenvalue weighted by molar-refractivity contribution is 0.407. The van der Waals surface area contributed by atoms with E-state index in [4.69, 9.17) is 9.47 Å². The third kappa shape index (κ3) is 3.67. The number of epoxide rings is 2. The molecule has 2 fully saturated rings. The first kappa shape index (κ1) is 15.8. The molecule has 2 aromatic rings. The Balaban J connectivity index is 1.67. The molecule has 0 aromatic heterocycles. The molecule has 0 aliphatic carbocycles. The highest BCUT2D eigenvalue weighted by atomic mass is 32.2. The minimum absolute atomic E-state index is 0.0565. The van der Waals surface area contributed by atoms with Crippen LogP contribution in [0.25, 0.3) is 11.1 Å².